The van der Waals surface area contributed by atoms with Gasteiger partial charge in [-0.2, -0.15) is 0 Å². The van der Waals surface area contributed by atoms with Gasteiger partial charge in [0.25, 0.3) is 0 Å². The molecule has 1 aromatic carbocycles. The summed E-state index contributed by atoms with van der Waals surface area (Å²) in [6.45, 7) is 7.05. The summed E-state index contributed by atoms with van der Waals surface area (Å²) in [5.74, 6) is 0. The number of halogens is 1. The Balaban J connectivity index is 2.10. The SMILES string of the molecule is CCNCc1ccc(N(C)C2CCOC2C)cc1Br. The van der Waals surface area contributed by atoms with E-state index in [2.05, 4.69) is 65.2 Å². The van der Waals surface area contributed by atoms with Crippen LogP contribution in [0.1, 0.15) is 25.8 Å². The van der Waals surface area contributed by atoms with Crippen molar-refractivity contribution in [1.82, 2.24) is 5.32 Å². The van der Waals surface area contributed by atoms with Gasteiger partial charge in [0.2, 0.25) is 0 Å². The molecule has 1 aromatic rings. The molecule has 0 aromatic heterocycles. The van der Waals surface area contributed by atoms with Gasteiger partial charge in [0.15, 0.2) is 0 Å². The molecular weight excluding hydrogens is 304 g/mol. The van der Waals surface area contributed by atoms with E-state index in [-0.39, 0.29) is 0 Å². The Bertz CT molecular complexity index is 425. The molecule has 2 rings (SSSR count). The third-order valence-corrected chi connectivity index (χ3v) is 4.58. The molecule has 1 heterocycles. The normalized spacial score (nSPS) is 22.7. The van der Waals surface area contributed by atoms with Crippen molar-refractivity contribution in [2.45, 2.75) is 39.0 Å². The molecule has 1 saturated heterocycles. The Hall–Kier alpha value is -0.580. The van der Waals surface area contributed by atoms with Gasteiger partial charge in [-0.15, -0.1) is 0 Å². The molecule has 2 unspecified atom stereocenters. The molecule has 4 heteroatoms. The van der Waals surface area contributed by atoms with Gasteiger partial charge in [-0.25, -0.2) is 0 Å². The van der Waals surface area contributed by atoms with Crippen LogP contribution < -0.4 is 10.2 Å². The van der Waals surface area contributed by atoms with Gasteiger partial charge in [0, 0.05) is 30.4 Å². The van der Waals surface area contributed by atoms with Crippen LogP contribution in [0.4, 0.5) is 5.69 Å². The molecular formula is C15H23BrN2O. The lowest BCUT2D eigenvalue weighted by Gasteiger charge is -2.29. The number of hydrogen-bond acceptors (Lipinski definition) is 3. The summed E-state index contributed by atoms with van der Waals surface area (Å²) >= 11 is 3.67. The van der Waals surface area contributed by atoms with Gasteiger partial charge in [-0.05, 0) is 37.6 Å². The fourth-order valence-corrected chi connectivity index (χ4v) is 3.09. The van der Waals surface area contributed by atoms with Crippen molar-refractivity contribution in [3.05, 3.63) is 28.2 Å². The van der Waals surface area contributed by atoms with Crippen molar-refractivity contribution in [2.75, 3.05) is 25.1 Å². The third-order valence-electron chi connectivity index (χ3n) is 3.84. The van der Waals surface area contributed by atoms with E-state index in [1.165, 1.54) is 15.7 Å². The van der Waals surface area contributed by atoms with Gasteiger partial charge in [-0.3, -0.25) is 0 Å². The lowest BCUT2D eigenvalue weighted by atomic mass is 10.1. The molecule has 0 amide bonds. The van der Waals surface area contributed by atoms with E-state index in [0.29, 0.717) is 12.1 Å². The lowest BCUT2D eigenvalue weighted by Crippen LogP contribution is -2.36. The Kier molecular flexibility index (Phi) is 5.25. The zero-order valence-corrected chi connectivity index (χ0v) is 13.5. The number of benzene rings is 1. The first-order valence-corrected chi connectivity index (χ1v) is 7.76. The number of hydrogen-bond donors (Lipinski definition) is 1. The molecule has 3 nitrogen and oxygen atoms in total. The number of rotatable bonds is 5. The molecule has 1 aliphatic heterocycles. The lowest BCUT2D eigenvalue weighted by molar-refractivity contribution is 0.118. The van der Waals surface area contributed by atoms with Crippen molar-refractivity contribution in [2.24, 2.45) is 0 Å². The predicted molar refractivity (Wildman–Crippen MR) is 83.7 cm³/mol. The number of ether oxygens (including phenoxy) is 1. The van der Waals surface area contributed by atoms with Gasteiger partial charge < -0.3 is 15.0 Å². The number of anilines is 1. The van der Waals surface area contributed by atoms with Crippen LogP contribution in [0.2, 0.25) is 0 Å². The van der Waals surface area contributed by atoms with E-state index in [9.17, 15) is 0 Å². The van der Waals surface area contributed by atoms with E-state index in [4.69, 9.17) is 4.74 Å². The molecule has 1 N–H and O–H groups in total. The van der Waals surface area contributed by atoms with Crippen LogP contribution in [0, 0.1) is 0 Å². The van der Waals surface area contributed by atoms with Crippen LogP contribution in [0.3, 0.4) is 0 Å². The summed E-state index contributed by atoms with van der Waals surface area (Å²) in [6, 6.07) is 7.07. The van der Waals surface area contributed by atoms with Crippen LogP contribution >= 0.6 is 15.9 Å². The first-order valence-electron chi connectivity index (χ1n) is 6.97. The monoisotopic (exact) mass is 326 g/mol. The van der Waals surface area contributed by atoms with Crippen molar-refractivity contribution in [1.29, 1.82) is 0 Å². The van der Waals surface area contributed by atoms with Gasteiger partial charge >= 0.3 is 0 Å². The molecule has 0 radical (unpaired) electrons. The average Bonchev–Trinajstić information content (AvgIpc) is 2.82. The zero-order valence-electron chi connectivity index (χ0n) is 11.9. The highest BCUT2D eigenvalue weighted by Gasteiger charge is 2.28. The largest absolute Gasteiger partial charge is 0.376 e. The number of likely N-dealkylation sites (N-methyl/N-ethyl adjacent to an activating group) is 1. The smallest absolute Gasteiger partial charge is 0.0750 e. The highest BCUT2D eigenvalue weighted by molar-refractivity contribution is 9.10. The van der Waals surface area contributed by atoms with Crippen LogP contribution in [0.5, 0.6) is 0 Å². The maximum Gasteiger partial charge on any atom is 0.0750 e. The molecule has 2 atom stereocenters. The van der Waals surface area contributed by atoms with Crippen LogP contribution in [0.15, 0.2) is 22.7 Å². The first-order chi connectivity index (χ1) is 9.13. The topological polar surface area (TPSA) is 24.5 Å². The highest BCUT2D eigenvalue weighted by atomic mass is 79.9. The predicted octanol–water partition coefficient (Wildman–Crippen LogP) is 3.17. The second-order valence-corrected chi connectivity index (χ2v) is 5.95. The van der Waals surface area contributed by atoms with Crippen molar-refractivity contribution in [3.63, 3.8) is 0 Å². The molecule has 0 bridgehead atoms. The minimum Gasteiger partial charge on any atom is -0.376 e. The fraction of sp³-hybridized carbons (Fsp3) is 0.600. The Morgan fingerprint density at radius 3 is 2.84 bits per heavy atom. The van der Waals surface area contributed by atoms with E-state index in [0.717, 1.165) is 26.1 Å². The summed E-state index contributed by atoms with van der Waals surface area (Å²) < 4.78 is 6.82. The van der Waals surface area contributed by atoms with Gasteiger partial charge in [0.05, 0.1) is 12.1 Å². The van der Waals surface area contributed by atoms with E-state index in [1.54, 1.807) is 0 Å². The van der Waals surface area contributed by atoms with Crippen LogP contribution in [0.25, 0.3) is 0 Å². The average molecular weight is 327 g/mol. The van der Waals surface area contributed by atoms with Crippen molar-refractivity contribution >= 4 is 21.6 Å². The highest BCUT2D eigenvalue weighted by Crippen LogP contribution is 2.28. The first kappa shape index (κ1) is 14.8. The Morgan fingerprint density at radius 2 is 2.26 bits per heavy atom. The summed E-state index contributed by atoms with van der Waals surface area (Å²) in [6.07, 6.45) is 1.42. The molecule has 0 saturated carbocycles. The van der Waals surface area contributed by atoms with Crippen molar-refractivity contribution in [3.8, 4) is 0 Å². The molecule has 0 spiro atoms. The summed E-state index contributed by atoms with van der Waals surface area (Å²) in [7, 11) is 2.15. The number of nitrogens with one attached hydrogen (secondary N) is 1. The standard InChI is InChI=1S/C15H23BrN2O/c1-4-17-10-12-5-6-13(9-14(12)16)18(3)15-7-8-19-11(15)2/h5-6,9,11,15,17H,4,7-8,10H2,1-3H3. The van der Waals surface area contributed by atoms with E-state index < -0.39 is 0 Å². The Morgan fingerprint density at radius 1 is 1.47 bits per heavy atom. The quantitative estimate of drug-likeness (QED) is 0.899. The maximum atomic E-state index is 5.65. The summed E-state index contributed by atoms with van der Waals surface area (Å²) in [5, 5.41) is 3.35. The molecule has 19 heavy (non-hydrogen) atoms. The van der Waals surface area contributed by atoms with Crippen molar-refractivity contribution < 1.29 is 4.74 Å². The molecule has 0 aliphatic carbocycles. The molecule has 1 aliphatic rings. The second kappa shape index (κ2) is 6.73. The second-order valence-electron chi connectivity index (χ2n) is 5.10. The zero-order chi connectivity index (χ0) is 13.8. The summed E-state index contributed by atoms with van der Waals surface area (Å²) in [4.78, 5) is 2.33. The van der Waals surface area contributed by atoms with Crippen LogP contribution in [-0.2, 0) is 11.3 Å². The minimum absolute atomic E-state index is 0.310. The van der Waals surface area contributed by atoms with E-state index in [1.807, 2.05) is 0 Å². The minimum atomic E-state index is 0.310. The number of nitrogens with zero attached hydrogens (tertiary/aromatic N) is 1. The van der Waals surface area contributed by atoms with Gasteiger partial charge in [0.1, 0.15) is 0 Å². The van der Waals surface area contributed by atoms with E-state index >= 15 is 0 Å². The maximum absolute atomic E-state index is 5.65. The summed E-state index contributed by atoms with van der Waals surface area (Å²) in [5.41, 5.74) is 2.55. The fourth-order valence-electron chi connectivity index (χ4n) is 2.58. The molecule has 106 valence electrons. The Labute approximate surface area is 124 Å². The molecule has 1 fully saturated rings. The van der Waals surface area contributed by atoms with Crippen LogP contribution in [-0.4, -0.2) is 32.3 Å². The third kappa shape index (κ3) is 3.50. The van der Waals surface area contributed by atoms with Gasteiger partial charge in [-0.1, -0.05) is 28.9 Å².